The Labute approximate surface area is 139 Å². The number of carbonyl (C=O) groups is 3. The molecule has 0 saturated heterocycles. The van der Waals surface area contributed by atoms with Crippen LogP contribution in [0.4, 0.5) is 10.5 Å². The van der Waals surface area contributed by atoms with Gasteiger partial charge < -0.3 is 14.4 Å². The largest absolute Gasteiger partial charge is 0.516 e. The van der Waals surface area contributed by atoms with Crippen molar-refractivity contribution in [1.29, 1.82) is 0 Å². The van der Waals surface area contributed by atoms with E-state index in [1.54, 1.807) is 41.3 Å². The molecule has 0 heterocycles. The molecule has 6 heteroatoms. The molecule has 0 spiro atoms. The zero-order valence-corrected chi connectivity index (χ0v) is 13.4. The minimum absolute atomic E-state index is 0.00672. The third kappa shape index (κ3) is 4.42. The van der Waals surface area contributed by atoms with Crippen LogP contribution in [0.1, 0.15) is 26.3 Å². The van der Waals surface area contributed by atoms with Gasteiger partial charge in [0.1, 0.15) is 6.61 Å². The molecule has 0 N–H and O–H groups in total. The first-order valence-electron chi connectivity index (χ1n) is 7.20. The van der Waals surface area contributed by atoms with Gasteiger partial charge in [0.2, 0.25) is 0 Å². The Morgan fingerprint density at radius 3 is 2.42 bits per heavy atom. The van der Waals surface area contributed by atoms with E-state index >= 15 is 0 Å². The predicted octanol–water partition coefficient (Wildman–Crippen LogP) is 3.06. The Bertz CT molecular complexity index is 740. The van der Waals surface area contributed by atoms with Crippen molar-refractivity contribution in [2.45, 2.75) is 6.61 Å². The Hall–Kier alpha value is -3.15. The lowest BCUT2D eigenvalue weighted by molar-refractivity contribution is 0.0359. The van der Waals surface area contributed by atoms with Crippen molar-refractivity contribution in [3.63, 3.8) is 0 Å². The SMILES string of the molecule is CN(C)c1ccc(C(=O)OC(=O)OCc2ccccc2)c(C=O)c1. The summed E-state index contributed by atoms with van der Waals surface area (Å²) >= 11 is 0. The standard InChI is InChI=1S/C18H17NO5/c1-19(2)15-8-9-16(14(10-15)11-20)17(21)24-18(22)23-12-13-6-4-3-5-7-13/h3-11H,12H2,1-2H3. The number of esters is 1. The van der Waals surface area contributed by atoms with Gasteiger partial charge in [-0.25, -0.2) is 9.59 Å². The van der Waals surface area contributed by atoms with Gasteiger partial charge in [-0.15, -0.1) is 0 Å². The van der Waals surface area contributed by atoms with Gasteiger partial charge in [-0.1, -0.05) is 30.3 Å². The van der Waals surface area contributed by atoms with E-state index in [-0.39, 0.29) is 17.7 Å². The molecule has 2 rings (SSSR count). The zero-order chi connectivity index (χ0) is 17.5. The number of rotatable bonds is 5. The smallest absolute Gasteiger partial charge is 0.429 e. The molecule has 0 saturated carbocycles. The first-order valence-corrected chi connectivity index (χ1v) is 7.20. The molecule has 2 aromatic carbocycles. The average molecular weight is 327 g/mol. The molecule has 0 aliphatic rings. The lowest BCUT2D eigenvalue weighted by Crippen LogP contribution is -2.16. The summed E-state index contributed by atoms with van der Waals surface area (Å²) in [6, 6.07) is 13.6. The second-order valence-electron chi connectivity index (χ2n) is 5.20. The molecule has 2 aromatic rings. The van der Waals surface area contributed by atoms with E-state index in [2.05, 4.69) is 4.74 Å². The molecule has 0 atom stereocenters. The summed E-state index contributed by atoms with van der Waals surface area (Å²) in [6.45, 7) is -0.00689. The molecule has 0 amide bonds. The van der Waals surface area contributed by atoms with Gasteiger partial charge in [0.25, 0.3) is 0 Å². The highest BCUT2D eigenvalue weighted by atomic mass is 16.7. The highest BCUT2D eigenvalue weighted by molar-refractivity contribution is 6.02. The highest BCUT2D eigenvalue weighted by Gasteiger charge is 2.18. The fourth-order valence-corrected chi connectivity index (χ4v) is 1.99. The predicted molar refractivity (Wildman–Crippen MR) is 88.2 cm³/mol. The third-order valence-electron chi connectivity index (χ3n) is 3.27. The van der Waals surface area contributed by atoms with Crippen LogP contribution in [0.5, 0.6) is 0 Å². The quantitative estimate of drug-likeness (QED) is 0.477. The Balaban J connectivity index is 2.01. The highest BCUT2D eigenvalue weighted by Crippen LogP contribution is 2.18. The first kappa shape index (κ1) is 17.2. The third-order valence-corrected chi connectivity index (χ3v) is 3.27. The van der Waals surface area contributed by atoms with E-state index in [1.165, 1.54) is 6.07 Å². The van der Waals surface area contributed by atoms with E-state index in [4.69, 9.17) is 4.74 Å². The van der Waals surface area contributed by atoms with Crippen molar-refractivity contribution >= 4 is 24.1 Å². The van der Waals surface area contributed by atoms with Crippen molar-refractivity contribution in [3.8, 4) is 0 Å². The van der Waals surface area contributed by atoms with Gasteiger partial charge in [-0.05, 0) is 23.8 Å². The van der Waals surface area contributed by atoms with Crippen LogP contribution in [0, 0.1) is 0 Å². The number of anilines is 1. The second kappa shape index (κ2) is 7.92. The van der Waals surface area contributed by atoms with Gasteiger partial charge in [0.15, 0.2) is 6.29 Å². The molecular formula is C18H17NO5. The van der Waals surface area contributed by atoms with Gasteiger partial charge >= 0.3 is 12.1 Å². The van der Waals surface area contributed by atoms with Crippen LogP contribution in [0.15, 0.2) is 48.5 Å². The minimum Gasteiger partial charge on any atom is -0.429 e. The monoisotopic (exact) mass is 327 g/mol. The number of hydrogen-bond donors (Lipinski definition) is 0. The fraction of sp³-hybridized carbons (Fsp3) is 0.167. The molecule has 0 aliphatic carbocycles. The number of aldehydes is 1. The van der Waals surface area contributed by atoms with Crippen LogP contribution in [-0.4, -0.2) is 32.5 Å². The summed E-state index contributed by atoms with van der Waals surface area (Å²) in [6.07, 6.45) is -0.573. The molecule has 0 bridgehead atoms. The second-order valence-corrected chi connectivity index (χ2v) is 5.20. The summed E-state index contributed by atoms with van der Waals surface area (Å²) < 4.78 is 9.51. The van der Waals surface area contributed by atoms with Crippen LogP contribution in [-0.2, 0) is 16.1 Å². The number of benzene rings is 2. The number of nitrogens with zero attached hydrogens (tertiary/aromatic N) is 1. The maximum absolute atomic E-state index is 12.0. The molecule has 6 nitrogen and oxygen atoms in total. The molecule has 0 aliphatic heterocycles. The van der Waals surface area contributed by atoms with Crippen LogP contribution in [0.25, 0.3) is 0 Å². The Morgan fingerprint density at radius 2 is 1.79 bits per heavy atom. The van der Waals surface area contributed by atoms with Gasteiger partial charge in [-0.2, -0.15) is 0 Å². The summed E-state index contributed by atoms with van der Waals surface area (Å²) in [4.78, 5) is 36.6. The maximum Gasteiger partial charge on any atom is 0.516 e. The van der Waals surface area contributed by atoms with E-state index in [9.17, 15) is 14.4 Å². The van der Waals surface area contributed by atoms with Crippen molar-refractivity contribution in [3.05, 3.63) is 65.2 Å². The molecule has 0 radical (unpaired) electrons. The summed E-state index contributed by atoms with van der Waals surface area (Å²) in [7, 11) is 3.62. The zero-order valence-electron chi connectivity index (χ0n) is 13.4. The number of ether oxygens (including phenoxy) is 2. The van der Waals surface area contributed by atoms with Crippen LogP contribution in [0.3, 0.4) is 0 Å². The van der Waals surface area contributed by atoms with E-state index in [0.717, 1.165) is 11.3 Å². The van der Waals surface area contributed by atoms with Crippen molar-refractivity contribution in [2.24, 2.45) is 0 Å². The Kier molecular flexibility index (Phi) is 5.68. The van der Waals surface area contributed by atoms with Gasteiger partial charge in [0.05, 0.1) is 5.56 Å². The minimum atomic E-state index is -1.11. The molecule has 124 valence electrons. The van der Waals surface area contributed by atoms with Crippen LogP contribution in [0.2, 0.25) is 0 Å². The topological polar surface area (TPSA) is 72.9 Å². The van der Waals surface area contributed by atoms with Crippen molar-refractivity contribution in [2.75, 3.05) is 19.0 Å². The van der Waals surface area contributed by atoms with Gasteiger partial charge in [-0.3, -0.25) is 4.79 Å². The average Bonchev–Trinajstić information content (AvgIpc) is 2.60. The number of hydrogen-bond acceptors (Lipinski definition) is 6. The molecule has 24 heavy (non-hydrogen) atoms. The van der Waals surface area contributed by atoms with E-state index < -0.39 is 12.1 Å². The molecular weight excluding hydrogens is 310 g/mol. The maximum atomic E-state index is 12.0. The van der Waals surface area contributed by atoms with Crippen LogP contribution >= 0.6 is 0 Å². The summed E-state index contributed by atoms with van der Waals surface area (Å²) in [5, 5.41) is 0. The summed E-state index contributed by atoms with van der Waals surface area (Å²) in [5.41, 5.74) is 1.67. The Morgan fingerprint density at radius 1 is 1.08 bits per heavy atom. The lowest BCUT2D eigenvalue weighted by Gasteiger charge is -2.14. The fourth-order valence-electron chi connectivity index (χ4n) is 1.99. The van der Waals surface area contributed by atoms with E-state index in [1.807, 2.05) is 20.2 Å². The molecule has 0 unspecified atom stereocenters. The van der Waals surface area contributed by atoms with E-state index in [0.29, 0.717) is 6.29 Å². The van der Waals surface area contributed by atoms with Crippen LogP contribution < -0.4 is 4.90 Å². The first-order chi connectivity index (χ1) is 11.5. The molecule has 0 aromatic heterocycles. The van der Waals surface area contributed by atoms with Crippen molar-refractivity contribution < 1.29 is 23.9 Å². The number of carbonyl (C=O) groups excluding carboxylic acids is 3. The normalized spacial score (nSPS) is 9.92. The molecule has 0 fully saturated rings. The van der Waals surface area contributed by atoms with Crippen molar-refractivity contribution in [1.82, 2.24) is 0 Å². The lowest BCUT2D eigenvalue weighted by atomic mass is 10.1. The van der Waals surface area contributed by atoms with Gasteiger partial charge in [0, 0.05) is 25.3 Å². The summed E-state index contributed by atoms with van der Waals surface area (Å²) in [5.74, 6) is -0.930.